The number of ether oxygens (including phenoxy) is 1. The van der Waals surface area contributed by atoms with Crippen LogP contribution in [0.25, 0.3) is 10.2 Å². The second-order valence-electron chi connectivity index (χ2n) is 6.28. The summed E-state index contributed by atoms with van der Waals surface area (Å²) in [5.41, 5.74) is 3.86. The monoisotopic (exact) mass is 423 g/mol. The molecule has 0 bridgehead atoms. The van der Waals surface area contributed by atoms with E-state index in [0.29, 0.717) is 21.0 Å². The number of H-pyrrole nitrogens is 1. The molecule has 1 atom stereocenters. The maximum atomic E-state index is 12.6. The number of halogens is 1. The van der Waals surface area contributed by atoms with Crippen LogP contribution in [0.4, 0.5) is 0 Å². The first-order valence-corrected chi connectivity index (χ1v) is 9.77. The Hall–Kier alpha value is -2.16. The lowest BCUT2D eigenvalue weighted by Crippen LogP contribution is -2.40. The largest absolute Gasteiger partial charge is 0.481 e. The second kappa shape index (κ2) is 7.46. The van der Waals surface area contributed by atoms with Gasteiger partial charge >= 0.3 is 0 Å². The minimum absolute atomic E-state index is 0.119. The third-order valence-corrected chi connectivity index (χ3v) is 5.87. The van der Waals surface area contributed by atoms with Crippen LogP contribution in [0.5, 0.6) is 5.75 Å². The van der Waals surface area contributed by atoms with E-state index in [4.69, 9.17) is 28.6 Å². The smallest absolute Gasteiger partial charge is 0.282 e. The number of thiophene rings is 1. The Morgan fingerprint density at radius 2 is 1.93 bits per heavy atom. The van der Waals surface area contributed by atoms with Crippen LogP contribution in [0, 0.1) is 25.5 Å². The molecule has 2 heterocycles. The molecule has 3 aromatic rings. The average Bonchev–Trinajstić information content (AvgIpc) is 2.96. The Morgan fingerprint density at radius 3 is 2.56 bits per heavy atom. The van der Waals surface area contributed by atoms with Crippen molar-refractivity contribution >= 4 is 51.3 Å². The molecule has 3 rings (SSSR count). The molecule has 0 spiro atoms. The van der Waals surface area contributed by atoms with Crippen molar-refractivity contribution in [3.05, 3.63) is 54.4 Å². The fourth-order valence-electron chi connectivity index (χ4n) is 2.67. The Morgan fingerprint density at radius 1 is 1.30 bits per heavy atom. The first-order chi connectivity index (χ1) is 12.7. The van der Waals surface area contributed by atoms with Crippen LogP contribution in [0.2, 0.25) is 5.02 Å². The zero-order valence-electron chi connectivity index (χ0n) is 15.2. The SMILES string of the molecule is Cc1cc2c(=O)n(NC(=O)[C@H](C)Oc3cc(C)c(Cl)c(C)c3)c(=S)[nH]c2s1. The summed E-state index contributed by atoms with van der Waals surface area (Å²) in [6, 6.07) is 5.28. The number of aromatic nitrogens is 2. The number of fused-ring (bicyclic) bond motifs is 1. The minimum Gasteiger partial charge on any atom is -0.481 e. The van der Waals surface area contributed by atoms with E-state index in [2.05, 4.69) is 10.4 Å². The van der Waals surface area contributed by atoms with Gasteiger partial charge in [-0.25, -0.2) is 0 Å². The van der Waals surface area contributed by atoms with Crippen LogP contribution in [0.3, 0.4) is 0 Å². The summed E-state index contributed by atoms with van der Waals surface area (Å²) in [6.07, 6.45) is -0.841. The highest BCUT2D eigenvalue weighted by Gasteiger charge is 2.18. The topological polar surface area (TPSA) is 76.1 Å². The van der Waals surface area contributed by atoms with Gasteiger partial charge in [0.05, 0.1) is 5.39 Å². The van der Waals surface area contributed by atoms with Gasteiger partial charge in [-0.2, -0.15) is 4.68 Å². The Kier molecular flexibility index (Phi) is 5.41. The number of nitrogens with one attached hydrogen (secondary N) is 2. The highest BCUT2D eigenvalue weighted by atomic mass is 35.5. The van der Waals surface area contributed by atoms with Gasteiger partial charge in [0.15, 0.2) is 6.10 Å². The van der Waals surface area contributed by atoms with Gasteiger partial charge in [-0.15, -0.1) is 11.3 Å². The summed E-state index contributed by atoms with van der Waals surface area (Å²) in [4.78, 5) is 29.8. The molecule has 1 aromatic carbocycles. The first kappa shape index (κ1) is 19.6. The molecule has 9 heteroatoms. The van der Waals surface area contributed by atoms with Crippen LogP contribution >= 0.6 is 35.2 Å². The van der Waals surface area contributed by atoms with E-state index in [1.165, 1.54) is 11.3 Å². The lowest BCUT2D eigenvalue weighted by molar-refractivity contribution is -0.123. The van der Waals surface area contributed by atoms with Gasteiger partial charge in [0.1, 0.15) is 10.6 Å². The van der Waals surface area contributed by atoms with Crippen molar-refractivity contribution in [2.75, 3.05) is 5.43 Å². The Balaban J connectivity index is 1.84. The molecule has 27 heavy (non-hydrogen) atoms. The predicted molar refractivity (Wildman–Crippen MR) is 111 cm³/mol. The van der Waals surface area contributed by atoms with E-state index in [0.717, 1.165) is 20.7 Å². The highest BCUT2D eigenvalue weighted by molar-refractivity contribution is 7.71. The molecule has 0 aliphatic rings. The number of aryl methyl sites for hydroxylation is 3. The van der Waals surface area contributed by atoms with Gasteiger partial charge in [-0.05, 0) is 69.2 Å². The number of hydrogen-bond donors (Lipinski definition) is 2. The van der Waals surface area contributed by atoms with Gasteiger partial charge in [-0.1, -0.05) is 11.6 Å². The summed E-state index contributed by atoms with van der Waals surface area (Å²) < 4.78 is 6.86. The predicted octanol–water partition coefficient (Wildman–Crippen LogP) is 4.24. The molecule has 2 N–H and O–H groups in total. The summed E-state index contributed by atoms with van der Waals surface area (Å²) in [5, 5.41) is 1.14. The summed E-state index contributed by atoms with van der Waals surface area (Å²) in [5.74, 6) is 0.0339. The summed E-state index contributed by atoms with van der Waals surface area (Å²) in [6.45, 7) is 7.23. The molecule has 0 saturated heterocycles. The highest BCUT2D eigenvalue weighted by Crippen LogP contribution is 2.26. The standard InChI is InChI=1S/C18H18ClN3O3S2/c1-8-5-12(6-9(2)14(8)19)25-11(4)15(23)21-22-17(24)13-7-10(3)27-16(13)20-18(22)26/h5-7,11H,1-4H3,(H,20,26)(H,21,23)/t11-/m0/s1. The van der Waals surface area contributed by atoms with Gasteiger partial charge in [0.2, 0.25) is 4.77 Å². The number of nitrogens with zero attached hydrogens (tertiary/aromatic N) is 1. The zero-order valence-corrected chi connectivity index (χ0v) is 17.6. The molecule has 6 nitrogen and oxygen atoms in total. The lowest BCUT2D eigenvalue weighted by atomic mass is 10.1. The lowest BCUT2D eigenvalue weighted by Gasteiger charge is -2.17. The molecule has 0 unspecified atom stereocenters. The molecule has 0 radical (unpaired) electrons. The molecule has 0 fully saturated rings. The average molecular weight is 424 g/mol. The maximum absolute atomic E-state index is 12.6. The van der Waals surface area contributed by atoms with E-state index >= 15 is 0 Å². The fraction of sp³-hybridized carbons (Fsp3) is 0.278. The molecular weight excluding hydrogens is 406 g/mol. The third kappa shape index (κ3) is 3.92. The van der Waals surface area contributed by atoms with Gasteiger partial charge in [-0.3, -0.25) is 15.0 Å². The number of hydrogen-bond acceptors (Lipinski definition) is 5. The van der Waals surface area contributed by atoms with Crippen LogP contribution in [0.15, 0.2) is 23.0 Å². The quantitative estimate of drug-likeness (QED) is 0.615. The van der Waals surface area contributed by atoms with Crippen molar-refractivity contribution in [1.29, 1.82) is 0 Å². The zero-order chi connectivity index (χ0) is 19.9. The van der Waals surface area contributed by atoms with Crippen LogP contribution < -0.4 is 15.7 Å². The normalized spacial score (nSPS) is 12.2. The second-order valence-corrected chi connectivity index (χ2v) is 8.30. The summed E-state index contributed by atoms with van der Waals surface area (Å²) in [7, 11) is 0. The van der Waals surface area contributed by atoms with Crippen molar-refractivity contribution in [3.63, 3.8) is 0 Å². The van der Waals surface area contributed by atoms with Crippen LogP contribution in [-0.4, -0.2) is 21.7 Å². The van der Waals surface area contributed by atoms with E-state index in [1.54, 1.807) is 25.1 Å². The minimum atomic E-state index is -0.841. The van der Waals surface area contributed by atoms with Crippen LogP contribution in [-0.2, 0) is 4.79 Å². The third-order valence-electron chi connectivity index (χ3n) is 4.03. The Labute approximate surface area is 169 Å². The number of rotatable bonds is 4. The van der Waals surface area contributed by atoms with Crippen LogP contribution in [0.1, 0.15) is 22.9 Å². The summed E-state index contributed by atoms with van der Waals surface area (Å²) >= 11 is 12.8. The van der Waals surface area contributed by atoms with Gasteiger partial charge < -0.3 is 9.72 Å². The fourth-order valence-corrected chi connectivity index (χ4v) is 3.97. The van der Waals surface area contributed by atoms with Crippen molar-refractivity contribution in [2.45, 2.75) is 33.8 Å². The van der Waals surface area contributed by atoms with Crippen molar-refractivity contribution in [3.8, 4) is 5.75 Å². The number of aromatic amines is 1. The number of carbonyl (C=O) groups excluding carboxylic acids is 1. The molecular formula is C18H18ClN3O3S2. The van der Waals surface area contributed by atoms with Crippen molar-refractivity contribution < 1.29 is 9.53 Å². The molecule has 0 aliphatic heterocycles. The molecule has 0 aliphatic carbocycles. The molecule has 142 valence electrons. The van der Waals surface area contributed by atoms with E-state index in [9.17, 15) is 9.59 Å². The number of carbonyl (C=O) groups is 1. The molecule has 1 amide bonds. The number of amides is 1. The Bertz CT molecular complexity index is 1140. The van der Waals surface area contributed by atoms with E-state index < -0.39 is 12.0 Å². The first-order valence-electron chi connectivity index (χ1n) is 8.17. The van der Waals surface area contributed by atoms with Gasteiger partial charge in [0.25, 0.3) is 11.5 Å². The van der Waals surface area contributed by atoms with Gasteiger partial charge in [0, 0.05) is 9.90 Å². The van der Waals surface area contributed by atoms with E-state index in [-0.39, 0.29) is 10.3 Å². The molecule has 0 saturated carbocycles. The molecule has 2 aromatic heterocycles. The van der Waals surface area contributed by atoms with Crippen molar-refractivity contribution in [1.82, 2.24) is 9.66 Å². The van der Waals surface area contributed by atoms with Crippen molar-refractivity contribution in [2.24, 2.45) is 0 Å². The number of benzene rings is 1. The maximum Gasteiger partial charge on any atom is 0.282 e. The van der Waals surface area contributed by atoms with E-state index in [1.807, 2.05) is 20.8 Å².